The summed E-state index contributed by atoms with van der Waals surface area (Å²) >= 11 is 1.84. The van der Waals surface area contributed by atoms with Gasteiger partial charge in [-0.05, 0) is 0 Å². The van der Waals surface area contributed by atoms with Crippen LogP contribution >= 0.6 is 11.8 Å². The third kappa shape index (κ3) is 2.75. The largest absolute Gasteiger partial charge is 0.464 e. The lowest BCUT2D eigenvalue weighted by Crippen LogP contribution is -2.07. The van der Waals surface area contributed by atoms with E-state index in [9.17, 15) is 4.79 Å². The summed E-state index contributed by atoms with van der Waals surface area (Å²) in [7, 11) is 0. The molecule has 0 radical (unpaired) electrons. The van der Waals surface area contributed by atoms with Gasteiger partial charge in [-0.3, -0.25) is 4.79 Å². The van der Waals surface area contributed by atoms with Crippen LogP contribution in [0.15, 0.2) is 0 Å². The van der Waals surface area contributed by atoms with Crippen molar-refractivity contribution in [1.29, 1.82) is 0 Å². The van der Waals surface area contributed by atoms with Gasteiger partial charge in [0.1, 0.15) is 6.61 Å². The Bertz CT molecular complexity index is 110. The molecule has 1 aliphatic rings. The normalized spacial score (nSPS) is 23.4. The highest BCUT2D eigenvalue weighted by Gasteiger charge is 2.23. The SMILES string of the molecule is CCC(=O)OCC1CS1. The molecule has 1 unspecified atom stereocenters. The number of hydrogen-bond acceptors (Lipinski definition) is 3. The van der Waals surface area contributed by atoms with Crippen LogP contribution in [-0.4, -0.2) is 23.6 Å². The van der Waals surface area contributed by atoms with Gasteiger partial charge in [-0.2, -0.15) is 11.8 Å². The third-order valence-corrected chi connectivity index (χ3v) is 2.06. The molecule has 52 valence electrons. The highest BCUT2D eigenvalue weighted by atomic mass is 32.2. The van der Waals surface area contributed by atoms with Gasteiger partial charge < -0.3 is 4.74 Å². The monoisotopic (exact) mass is 146 g/mol. The Morgan fingerprint density at radius 1 is 1.89 bits per heavy atom. The van der Waals surface area contributed by atoms with Crippen LogP contribution < -0.4 is 0 Å². The average molecular weight is 146 g/mol. The van der Waals surface area contributed by atoms with Crippen molar-refractivity contribution in [3.8, 4) is 0 Å². The van der Waals surface area contributed by atoms with Crippen LogP contribution in [-0.2, 0) is 9.53 Å². The lowest BCUT2D eigenvalue weighted by atomic mass is 10.5. The van der Waals surface area contributed by atoms with E-state index in [4.69, 9.17) is 4.74 Å². The van der Waals surface area contributed by atoms with Gasteiger partial charge in [0.05, 0.1) is 0 Å². The van der Waals surface area contributed by atoms with Gasteiger partial charge in [-0.25, -0.2) is 0 Å². The molecule has 1 saturated heterocycles. The molecule has 0 N–H and O–H groups in total. The van der Waals surface area contributed by atoms with Gasteiger partial charge in [-0.15, -0.1) is 0 Å². The minimum absolute atomic E-state index is 0.0810. The Labute approximate surface area is 59.0 Å². The van der Waals surface area contributed by atoms with Crippen molar-refractivity contribution in [2.24, 2.45) is 0 Å². The molecule has 1 rings (SSSR count). The van der Waals surface area contributed by atoms with E-state index in [1.54, 1.807) is 0 Å². The molecule has 1 heterocycles. The van der Waals surface area contributed by atoms with Crippen molar-refractivity contribution >= 4 is 17.7 Å². The molecule has 0 amide bonds. The average Bonchev–Trinajstić information content (AvgIpc) is 2.65. The fourth-order valence-electron chi connectivity index (χ4n) is 0.452. The molecule has 1 atom stereocenters. The van der Waals surface area contributed by atoms with E-state index in [-0.39, 0.29) is 5.97 Å². The molecular formula is C6H10O2S. The van der Waals surface area contributed by atoms with Crippen molar-refractivity contribution in [2.45, 2.75) is 18.6 Å². The predicted octanol–water partition coefficient (Wildman–Crippen LogP) is 1.06. The summed E-state index contributed by atoms with van der Waals surface area (Å²) in [5.41, 5.74) is 0. The van der Waals surface area contributed by atoms with Crippen LogP contribution in [0.1, 0.15) is 13.3 Å². The molecule has 0 bridgehead atoms. The van der Waals surface area contributed by atoms with Gasteiger partial charge in [0, 0.05) is 17.4 Å². The minimum atomic E-state index is -0.0810. The number of carbonyl (C=O) groups excluding carboxylic acids is 1. The Balaban J connectivity index is 1.96. The second kappa shape index (κ2) is 3.11. The minimum Gasteiger partial charge on any atom is -0.464 e. The van der Waals surface area contributed by atoms with E-state index < -0.39 is 0 Å². The second-order valence-electron chi connectivity index (χ2n) is 1.99. The molecule has 1 fully saturated rings. The number of hydrogen-bond donors (Lipinski definition) is 0. The van der Waals surface area contributed by atoms with Crippen LogP contribution in [0.25, 0.3) is 0 Å². The first-order chi connectivity index (χ1) is 4.33. The lowest BCUT2D eigenvalue weighted by Gasteiger charge is -1.97. The summed E-state index contributed by atoms with van der Waals surface area (Å²) in [6.45, 7) is 2.43. The van der Waals surface area contributed by atoms with Gasteiger partial charge in [0.2, 0.25) is 0 Å². The molecule has 3 heteroatoms. The molecule has 0 aliphatic carbocycles. The first-order valence-corrected chi connectivity index (χ1v) is 4.15. The maximum atomic E-state index is 10.5. The number of rotatable bonds is 3. The quantitative estimate of drug-likeness (QED) is 0.440. The van der Waals surface area contributed by atoms with Crippen LogP contribution in [0.3, 0.4) is 0 Å². The van der Waals surface area contributed by atoms with Crippen molar-refractivity contribution in [2.75, 3.05) is 12.4 Å². The van der Waals surface area contributed by atoms with Crippen LogP contribution in [0.5, 0.6) is 0 Å². The molecule has 2 nitrogen and oxygen atoms in total. The number of esters is 1. The first kappa shape index (κ1) is 6.93. The highest BCUT2D eigenvalue weighted by Crippen LogP contribution is 2.29. The van der Waals surface area contributed by atoms with Crippen LogP contribution in [0.2, 0.25) is 0 Å². The summed E-state index contributed by atoms with van der Waals surface area (Å²) in [6.07, 6.45) is 0.497. The zero-order valence-electron chi connectivity index (χ0n) is 5.42. The topological polar surface area (TPSA) is 26.3 Å². The smallest absolute Gasteiger partial charge is 0.305 e. The Hall–Kier alpha value is -0.180. The molecule has 0 spiro atoms. The van der Waals surface area contributed by atoms with Gasteiger partial charge in [0.15, 0.2) is 0 Å². The Kier molecular flexibility index (Phi) is 2.39. The molecule has 0 aromatic carbocycles. The van der Waals surface area contributed by atoms with Crippen molar-refractivity contribution in [3.05, 3.63) is 0 Å². The predicted molar refractivity (Wildman–Crippen MR) is 37.5 cm³/mol. The molecule has 0 saturated carbocycles. The van der Waals surface area contributed by atoms with E-state index in [2.05, 4.69) is 0 Å². The summed E-state index contributed by atoms with van der Waals surface area (Å²) in [4.78, 5) is 10.5. The number of ether oxygens (including phenoxy) is 1. The van der Waals surface area contributed by atoms with Crippen molar-refractivity contribution < 1.29 is 9.53 Å². The first-order valence-electron chi connectivity index (χ1n) is 3.10. The molecule has 9 heavy (non-hydrogen) atoms. The standard InChI is InChI=1S/C6H10O2S/c1-2-6(7)8-3-5-4-9-5/h5H,2-4H2,1H3. The summed E-state index contributed by atoms with van der Waals surface area (Å²) in [5.74, 6) is 1.08. The zero-order chi connectivity index (χ0) is 6.69. The second-order valence-corrected chi connectivity index (χ2v) is 3.33. The zero-order valence-corrected chi connectivity index (χ0v) is 6.24. The summed E-state index contributed by atoms with van der Waals surface area (Å²) < 4.78 is 4.86. The maximum Gasteiger partial charge on any atom is 0.305 e. The van der Waals surface area contributed by atoms with Crippen LogP contribution in [0, 0.1) is 0 Å². The Morgan fingerprint density at radius 3 is 3.00 bits per heavy atom. The fourth-order valence-corrected chi connectivity index (χ4v) is 0.849. The molecular weight excluding hydrogens is 136 g/mol. The third-order valence-electron chi connectivity index (χ3n) is 1.12. The van der Waals surface area contributed by atoms with E-state index >= 15 is 0 Å². The molecule has 0 aromatic heterocycles. The van der Waals surface area contributed by atoms with Crippen molar-refractivity contribution in [1.82, 2.24) is 0 Å². The van der Waals surface area contributed by atoms with E-state index in [0.717, 1.165) is 5.75 Å². The fraction of sp³-hybridized carbons (Fsp3) is 0.833. The maximum absolute atomic E-state index is 10.5. The highest BCUT2D eigenvalue weighted by molar-refractivity contribution is 8.06. The Morgan fingerprint density at radius 2 is 2.56 bits per heavy atom. The summed E-state index contributed by atoms with van der Waals surface area (Å²) in [6, 6.07) is 0. The number of carbonyl (C=O) groups is 1. The van der Waals surface area contributed by atoms with Gasteiger partial charge in [0.25, 0.3) is 0 Å². The molecule has 1 aliphatic heterocycles. The van der Waals surface area contributed by atoms with E-state index in [1.165, 1.54) is 0 Å². The van der Waals surface area contributed by atoms with Gasteiger partial charge >= 0.3 is 5.97 Å². The van der Waals surface area contributed by atoms with Gasteiger partial charge in [-0.1, -0.05) is 6.92 Å². The lowest BCUT2D eigenvalue weighted by molar-refractivity contribution is -0.142. The summed E-state index contributed by atoms with van der Waals surface area (Å²) in [5, 5.41) is 0.612. The van der Waals surface area contributed by atoms with E-state index in [0.29, 0.717) is 18.3 Å². The van der Waals surface area contributed by atoms with E-state index in [1.807, 2.05) is 18.7 Å². The van der Waals surface area contributed by atoms with Crippen molar-refractivity contribution in [3.63, 3.8) is 0 Å². The molecule has 0 aromatic rings. The van der Waals surface area contributed by atoms with Crippen LogP contribution in [0.4, 0.5) is 0 Å². The number of thioether (sulfide) groups is 1.